The van der Waals surface area contributed by atoms with Crippen LogP contribution in [0, 0.1) is 6.92 Å². The number of rotatable bonds is 3. The molecule has 1 aliphatic heterocycles. The summed E-state index contributed by atoms with van der Waals surface area (Å²) in [5, 5.41) is 4.47. The molecule has 0 N–H and O–H groups in total. The summed E-state index contributed by atoms with van der Waals surface area (Å²) >= 11 is 5.78. The van der Waals surface area contributed by atoms with E-state index >= 15 is 0 Å². The Labute approximate surface area is 139 Å². The predicted molar refractivity (Wildman–Crippen MR) is 87.3 cm³/mol. The predicted octanol–water partition coefficient (Wildman–Crippen LogP) is 1.72. The lowest BCUT2D eigenvalue weighted by atomic mass is 10.2. The maximum atomic E-state index is 12.3. The molecule has 1 fully saturated rings. The maximum Gasteiger partial charge on any atom is 0.246 e. The SMILES string of the molecule is Cc1ccc(N2CCN(C(=O)Cn3cc(Cl)cn3)CC2=O)cc1. The number of hydrogen-bond donors (Lipinski definition) is 0. The van der Waals surface area contributed by atoms with Crippen molar-refractivity contribution >= 4 is 29.1 Å². The van der Waals surface area contributed by atoms with Gasteiger partial charge in [0, 0.05) is 25.0 Å². The van der Waals surface area contributed by atoms with E-state index in [1.807, 2.05) is 31.2 Å². The van der Waals surface area contributed by atoms with Crippen molar-refractivity contribution in [1.82, 2.24) is 14.7 Å². The average molecular weight is 333 g/mol. The van der Waals surface area contributed by atoms with Crippen molar-refractivity contribution in [2.45, 2.75) is 13.5 Å². The molecule has 0 aliphatic carbocycles. The number of halogens is 1. The van der Waals surface area contributed by atoms with Crippen LogP contribution in [-0.4, -0.2) is 46.1 Å². The van der Waals surface area contributed by atoms with Gasteiger partial charge in [-0.2, -0.15) is 5.10 Å². The van der Waals surface area contributed by atoms with Crippen molar-refractivity contribution in [3.8, 4) is 0 Å². The lowest BCUT2D eigenvalue weighted by Crippen LogP contribution is -2.53. The molecule has 2 heterocycles. The van der Waals surface area contributed by atoms with E-state index in [2.05, 4.69) is 5.10 Å². The molecule has 0 bridgehead atoms. The Morgan fingerprint density at radius 2 is 2.00 bits per heavy atom. The largest absolute Gasteiger partial charge is 0.330 e. The number of benzene rings is 1. The first-order valence-corrected chi connectivity index (χ1v) is 7.73. The van der Waals surface area contributed by atoms with Gasteiger partial charge >= 0.3 is 0 Å². The molecule has 0 spiro atoms. The smallest absolute Gasteiger partial charge is 0.246 e. The average Bonchev–Trinajstić information content (AvgIpc) is 2.93. The standard InChI is InChI=1S/C16H17ClN4O2/c1-12-2-4-14(5-3-12)21-7-6-19(10-16(21)23)15(22)11-20-9-13(17)8-18-20/h2-5,8-9H,6-7,10-11H2,1H3. The minimum atomic E-state index is -0.137. The van der Waals surface area contributed by atoms with E-state index in [9.17, 15) is 9.59 Å². The van der Waals surface area contributed by atoms with Crippen molar-refractivity contribution in [3.63, 3.8) is 0 Å². The number of aromatic nitrogens is 2. The van der Waals surface area contributed by atoms with Crippen LogP contribution in [0.2, 0.25) is 5.02 Å². The zero-order valence-corrected chi connectivity index (χ0v) is 13.5. The summed E-state index contributed by atoms with van der Waals surface area (Å²) in [7, 11) is 0. The number of hydrogen-bond acceptors (Lipinski definition) is 3. The highest BCUT2D eigenvalue weighted by Gasteiger charge is 2.28. The topological polar surface area (TPSA) is 58.4 Å². The van der Waals surface area contributed by atoms with Crippen LogP contribution < -0.4 is 4.90 Å². The monoisotopic (exact) mass is 332 g/mol. The summed E-state index contributed by atoms with van der Waals surface area (Å²) in [4.78, 5) is 27.9. The molecule has 0 atom stereocenters. The summed E-state index contributed by atoms with van der Waals surface area (Å²) in [6, 6.07) is 7.80. The van der Waals surface area contributed by atoms with Gasteiger partial charge in [-0.1, -0.05) is 29.3 Å². The molecule has 1 saturated heterocycles. The van der Waals surface area contributed by atoms with Gasteiger partial charge in [0.15, 0.2) is 0 Å². The van der Waals surface area contributed by atoms with Crippen molar-refractivity contribution in [3.05, 3.63) is 47.2 Å². The number of amides is 2. The van der Waals surface area contributed by atoms with Gasteiger partial charge in [0.2, 0.25) is 11.8 Å². The van der Waals surface area contributed by atoms with Crippen LogP contribution in [0.4, 0.5) is 5.69 Å². The van der Waals surface area contributed by atoms with E-state index in [4.69, 9.17) is 11.6 Å². The second-order valence-electron chi connectivity index (χ2n) is 5.55. The fourth-order valence-electron chi connectivity index (χ4n) is 2.55. The van der Waals surface area contributed by atoms with Crippen molar-refractivity contribution in [2.75, 3.05) is 24.5 Å². The third-order valence-electron chi connectivity index (χ3n) is 3.82. The second-order valence-corrected chi connectivity index (χ2v) is 5.99. The molecular formula is C16H17ClN4O2. The fraction of sp³-hybridized carbons (Fsp3) is 0.312. The Kier molecular flexibility index (Phi) is 4.34. The highest BCUT2D eigenvalue weighted by atomic mass is 35.5. The third-order valence-corrected chi connectivity index (χ3v) is 4.01. The molecule has 0 unspecified atom stereocenters. The molecule has 120 valence electrons. The number of aryl methyl sites for hydroxylation is 1. The number of nitrogens with zero attached hydrogens (tertiary/aromatic N) is 4. The summed E-state index contributed by atoms with van der Waals surface area (Å²) < 4.78 is 1.47. The van der Waals surface area contributed by atoms with Crippen molar-refractivity contribution in [2.24, 2.45) is 0 Å². The highest BCUT2D eigenvalue weighted by Crippen LogP contribution is 2.18. The Hall–Kier alpha value is -2.34. The normalized spacial score (nSPS) is 15.1. The van der Waals surface area contributed by atoms with Crippen molar-refractivity contribution < 1.29 is 9.59 Å². The van der Waals surface area contributed by atoms with Crippen LogP contribution in [0.25, 0.3) is 0 Å². The number of carbonyl (C=O) groups is 2. The van der Waals surface area contributed by atoms with E-state index in [0.717, 1.165) is 11.3 Å². The summed E-state index contributed by atoms with van der Waals surface area (Å²) in [5.41, 5.74) is 2.01. The molecule has 0 radical (unpaired) electrons. The molecule has 7 heteroatoms. The molecule has 1 aromatic carbocycles. The van der Waals surface area contributed by atoms with Gasteiger partial charge in [-0.3, -0.25) is 14.3 Å². The zero-order valence-electron chi connectivity index (χ0n) is 12.8. The van der Waals surface area contributed by atoms with Gasteiger partial charge in [0.05, 0.1) is 11.2 Å². The summed E-state index contributed by atoms with van der Waals surface area (Å²) in [6.45, 7) is 3.18. The van der Waals surface area contributed by atoms with Gasteiger partial charge in [0.1, 0.15) is 13.1 Å². The molecule has 1 aromatic heterocycles. The van der Waals surface area contributed by atoms with Crippen LogP contribution >= 0.6 is 11.6 Å². The molecule has 3 rings (SSSR count). The first-order chi connectivity index (χ1) is 11.0. The number of carbonyl (C=O) groups excluding carboxylic acids is 2. The van der Waals surface area contributed by atoms with Crippen molar-refractivity contribution in [1.29, 1.82) is 0 Å². The Bertz CT molecular complexity index is 726. The van der Waals surface area contributed by atoms with Crippen LogP contribution in [0.5, 0.6) is 0 Å². The number of piperazine rings is 1. The molecule has 2 aromatic rings. The zero-order chi connectivity index (χ0) is 16.4. The lowest BCUT2D eigenvalue weighted by Gasteiger charge is -2.34. The maximum absolute atomic E-state index is 12.3. The Balaban J connectivity index is 1.62. The molecule has 2 amide bonds. The van der Waals surface area contributed by atoms with Gasteiger partial charge in [0.25, 0.3) is 0 Å². The molecule has 23 heavy (non-hydrogen) atoms. The fourth-order valence-corrected chi connectivity index (χ4v) is 2.70. The third kappa shape index (κ3) is 3.53. The van der Waals surface area contributed by atoms with Crippen LogP contribution in [-0.2, 0) is 16.1 Å². The molecule has 6 nitrogen and oxygen atoms in total. The number of anilines is 1. The van der Waals surface area contributed by atoms with Gasteiger partial charge in [-0.25, -0.2) is 0 Å². The summed E-state index contributed by atoms with van der Waals surface area (Å²) in [6.07, 6.45) is 3.07. The lowest BCUT2D eigenvalue weighted by molar-refractivity contribution is -0.137. The van der Waals surface area contributed by atoms with E-state index in [1.54, 1.807) is 16.0 Å². The highest BCUT2D eigenvalue weighted by molar-refractivity contribution is 6.30. The molecule has 0 saturated carbocycles. The minimum Gasteiger partial charge on any atom is -0.330 e. The van der Waals surface area contributed by atoms with E-state index in [-0.39, 0.29) is 24.9 Å². The minimum absolute atomic E-state index is 0.0769. The first kappa shape index (κ1) is 15.6. The molecule has 1 aliphatic rings. The van der Waals surface area contributed by atoms with E-state index < -0.39 is 0 Å². The van der Waals surface area contributed by atoms with E-state index in [0.29, 0.717) is 18.1 Å². The van der Waals surface area contributed by atoms with E-state index in [1.165, 1.54) is 10.9 Å². The van der Waals surface area contributed by atoms with Crippen LogP contribution in [0.1, 0.15) is 5.56 Å². The summed E-state index contributed by atoms with van der Waals surface area (Å²) in [5.74, 6) is -0.214. The van der Waals surface area contributed by atoms with Gasteiger partial charge in [-0.05, 0) is 19.1 Å². The second kappa shape index (κ2) is 6.42. The van der Waals surface area contributed by atoms with Crippen LogP contribution in [0.3, 0.4) is 0 Å². The molecular weight excluding hydrogens is 316 g/mol. The van der Waals surface area contributed by atoms with Gasteiger partial charge < -0.3 is 9.80 Å². The van der Waals surface area contributed by atoms with Gasteiger partial charge in [-0.15, -0.1) is 0 Å². The Morgan fingerprint density at radius 1 is 1.26 bits per heavy atom. The Morgan fingerprint density at radius 3 is 2.61 bits per heavy atom. The van der Waals surface area contributed by atoms with Crippen LogP contribution in [0.15, 0.2) is 36.7 Å². The first-order valence-electron chi connectivity index (χ1n) is 7.36. The quantitative estimate of drug-likeness (QED) is 0.860.